The molecule has 124 valence electrons. The molecule has 6 heteroatoms. The molecule has 0 saturated heterocycles. The first-order valence-electron chi connectivity index (χ1n) is 7.81. The maximum atomic E-state index is 11.3. The third-order valence-electron chi connectivity index (χ3n) is 4.03. The molecule has 0 fully saturated rings. The first kappa shape index (κ1) is 15.9. The van der Waals surface area contributed by atoms with E-state index in [9.17, 15) is 9.90 Å². The molecule has 1 heterocycles. The van der Waals surface area contributed by atoms with Crippen LogP contribution < -0.4 is 16.5 Å². The van der Waals surface area contributed by atoms with Gasteiger partial charge in [0.15, 0.2) is 0 Å². The number of benzene rings is 2. The number of nitrogens with one attached hydrogen (secondary N) is 2. The third-order valence-corrected chi connectivity index (χ3v) is 4.03. The number of hydrogen-bond donors (Lipinski definition) is 4. The SMILES string of the molecule is CC1CC(=O)NN=C1c1ccc(NCc2ccc(O)cc2)c(N)c1. The van der Waals surface area contributed by atoms with Crippen LogP contribution in [0.4, 0.5) is 11.4 Å². The standard InChI is InChI=1S/C18H20N4O2/c1-11-8-17(24)21-22-18(11)13-4-7-16(15(19)9-13)20-10-12-2-5-14(23)6-3-12/h2-7,9,11,20,23H,8,10,19H2,1H3,(H,21,24). The zero-order valence-electron chi connectivity index (χ0n) is 13.4. The number of phenolic OH excluding ortho intramolecular Hbond substituents is 1. The molecule has 1 atom stereocenters. The van der Waals surface area contributed by atoms with Gasteiger partial charge in [-0.25, -0.2) is 5.43 Å². The van der Waals surface area contributed by atoms with Crippen molar-refractivity contribution in [3.8, 4) is 5.75 Å². The Morgan fingerprint density at radius 1 is 1.29 bits per heavy atom. The average Bonchev–Trinajstić information content (AvgIpc) is 2.55. The van der Waals surface area contributed by atoms with E-state index in [0.717, 1.165) is 22.5 Å². The van der Waals surface area contributed by atoms with Gasteiger partial charge in [0.1, 0.15) is 5.75 Å². The average molecular weight is 324 g/mol. The van der Waals surface area contributed by atoms with Crippen LogP contribution in [0.3, 0.4) is 0 Å². The second-order valence-corrected chi connectivity index (χ2v) is 5.96. The van der Waals surface area contributed by atoms with Crippen molar-refractivity contribution in [3.05, 3.63) is 53.6 Å². The Kier molecular flexibility index (Phi) is 4.37. The summed E-state index contributed by atoms with van der Waals surface area (Å²) < 4.78 is 0. The van der Waals surface area contributed by atoms with Gasteiger partial charge >= 0.3 is 0 Å². The van der Waals surface area contributed by atoms with Crippen molar-refractivity contribution >= 4 is 23.0 Å². The Balaban J connectivity index is 1.73. The summed E-state index contributed by atoms with van der Waals surface area (Å²) in [5.74, 6) is 0.248. The number of nitrogens with two attached hydrogens (primary N) is 1. The number of rotatable bonds is 4. The van der Waals surface area contributed by atoms with E-state index < -0.39 is 0 Å². The molecule has 3 rings (SSSR count). The van der Waals surface area contributed by atoms with Crippen molar-refractivity contribution in [1.29, 1.82) is 0 Å². The van der Waals surface area contributed by atoms with Crippen LogP contribution >= 0.6 is 0 Å². The minimum atomic E-state index is -0.0635. The highest BCUT2D eigenvalue weighted by molar-refractivity contribution is 6.06. The van der Waals surface area contributed by atoms with E-state index in [-0.39, 0.29) is 17.6 Å². The van der Waals surface area contributed by atoms with E-state index in [4.69, 9.17) is 5.73 Å². The second-order valence-electron chi connectivity index (χ2n) is 5.96. The van der Waals surface area contributed by atoms with Crippen molar-refractivity contribution < 1.29 is 9.90 Å². The Morgan fingerprint density at radius 3 is 2.71 bits per heavy atom. The van der Waals surface area contributed by atoms with Crippen LogP contribution in [0.25, 0.3) is 0 Å². The van der Waals surface area contributed by atoms with E-state index in [2.05, 4.69) is 15.8 Å². The molecule has 0 radical (unpaired) electrons. The summed E-state index contributed by atoms with van der Waals surface area (Å²) in [5.41, 5.74) is 12.9. The van der Waals surface area contributed by atoms with Crippen LogP contribution in [0, 0.1) is 5.92 Å². The number of nitrogen functional groups attached to an aromatic ring is 1. The van der Waals surface area contributed by atoms with Crippen LogP contribution in [0.15, 0.2) is 47.6 Å². The quantitative estimate of drug-likeness (QED) is 0.649. The molecular weight excluding hydrogens is 304 g/mol. The Hall–Kier alpha value is -3.02. The molecule has 1 unspecified atom stereocenters. The Bertz CT molecular complexity index is 784. The largest absolute Gasteiger partial charge is 0.508 e. The lowest BCUT2D eigenvalue weighted by molar-refractivity contribution is -0.121. The minimum Gasteiger partial charge on any atom is -0.508 e. The molecule has 1 aliphatic rings. The van der Waals surface area contributed by atoms with E-state index in [1.165, 1.54) is 0 Å². The Labute approximate surface area is 140 Å². The molecule has 0 spiro atoms. The van der Waals surface area contributed by atoms with Gasteiger partial charge in [0, 0.05) is 24.4 Å². The number of amides is 1. The minimum absolute atomic E-state index is 0.0635. The lowest BCUT2D eigenvalue weighted by Crippen LogP contribution is -2.32. The Morgan fingerprint density at radius 2 is 2.04 bits per heavy atom. The van der Waals surface area contributed by atoms with Crippen molar-refractivity contribution in [2.24, 2.45) is 11.0 Å². The van der Waals surface area contributed by atoms with Gasteiger partial charge in [-0.15, -0.1) is 0 Å². The highest BCUT2D eigenvalue weighted by Crippen LogP contribution is 2.24. The predicted molar refractivity (Wildman–Crippen MR) is 94.7 cm³/mol. The first-order valence-corrected chi connectivity index (χ1v) is 7.81. The monoisotopic (exact) mass is 324 g/mol. The van der Waals surface area contributed by atoms with E-state index >= 15 is 0 Å². The number of carbonyl (C=O) groups is 1. The maximum absolute atomic E-state index is 11.3. The lowest BCUT2D eigenvalue weighted by atomic mass is 9.93. The van der Waals surface area contributed by atoms with Crippen molar-refractivity contribution in [2.45, 2.75) is 19.9 Å². The van der Waals surface area contributed by atoms with E-state index in [1.54, 1.807) is 12.1 Å². The van der Waals surface area contributed by atoms with Crippen LogP contribution in [-0.2, 0) is 11.3 Å². The molecular formula is C18H20N4O2. The smallest absolute Gasteiger partial charge is 0.240 e. The molecule has 5 N–H and O–H groups in total. The molecule has 0 aliphatic carbocycles. The van der Waals surface area contributed by atoms with Gasteiger partial charge in [0.05, 0.1) is 17.1 Å². The summed E-state index contributed by atoms with van der Waals surface area (Å²) >= 11 is 0. The summed E-state index contributed by atoms with van der Waals surface area (Å²) in [5, 5.41) is 16.7. The normalized spacial score (nSPS) is 17.1. The topological polar surface area (TPSA) is 99.7 Å². The number of nitrogens with zero attached hydrogens (tertiary/aromatic N) is 1. The number of hydrogen-bond acceptors (Lipinski definition) is 5. The van der Waals surface area contributed by atoms with Crippen molar-refractivity contribution in [1.82, 2.24) is 5.43 Å². The van der Waals surface area contributed by atoms with Crippen LogP contribution in [-0.4, -0.2) is 16.7 Å². The molecule has 2 aromatic rings. The fraction of sp³-hybridized carbons (Fsp3) is 0.222. The summed E-state index contributed by atoms with van der Waals surface area (Å²) in [7, 11) is 0. The van der Waals surface area contributed by atoms with Crippen LogP contribution in [0.5, 0.6) is 5.75 Å². The van der Waals surface area contributed by atoms with Crippen LogP contribution in [0.1, 0.15) is 24.5 Å². The van der Waals surface area contributed by atoms with E-state index in [0.29, 0.717) is 18.7 Å². The molecule has 2 aromatic carbocycles. The lowest BCUT2D eigenvalue weighted by Gasteiger charge is -2.20. The first-order chi connectivity index (χ1) is 11.5. The summed E-state index contributed by atoms with van der Waals surface area (Å²) in [4.78, 5) is 11.3. The fourth-order valence-electron chi connectivity index (χ4n) is 2.70. The van der Waals surface area contributed by atoms with E-state index in [1.807, 2.05) is 37.3 Å². The number of hydrazone groups is 1. The van der Waals surface area contributed by atoms with Gasteiger partial charge in [-0.05, 0) is 29.8 Å². The summed E-state index contributed by atoms with van der Waals surface area (Å²) in [6, 6.07) is 12.7. The van der Waals surface area contributed by atoms with Crippen molar-refractivity contribution in [2.75, 3.05) is 11.1 Å². The molecule has 1 aliphatic heterocycles. The van der Waals surface area contributed by atoms with Crippen molar-refractivity contribution in [3.63, 3.8) is 0 Å². The number of phenols is 1. The zero-order chi connectivity index (χ0) is 17.1. The van der Waals surface area contributed by atoms with Gasteiger partial charge in [0.25, 0.3) is 0 Å². The summed E-state index contributed by atoms with van der Waals surface area (Å²) in [6.07, 6.45) is 0.430. The number of carbonyl (C=O) groups excluding carboxylic acids is 1. The highest BCUT2D eigenvalue weighted by atomic mass is 16.3. The second kappa shape index (κ2) is 6.62. The molecule has 6 nitrogen and oxygen atoms in total. The third kappa shape index (κ3) is 3.48. The highest BCUT2D eigenvalue weighted by Gasteiger charge is 2.21. The maximum Gasteiger partial charge on any atom is 0.240 e. The van der Waals surface area contributed by atoms with Gasteiger partial charge in [0.2, 0.25) is 5.91 Å². The fourth-order valence-corrected chi connectivity index (χ4v) is 2.70. The van der Waals surface area contributed by atoms with Gasteiger partial charge in [-0.3, -0.25) is 4.79 Å². The van der Waals surface area contributed by atoms with Crippen LogP contribution in [0.2, 0.25) is 0 Å². The molecule has 0 bridgehead atoms. The zero-order valence-corrected chi connectivity index (χ0v) is 13.4. The van der Waals surface area contributed by atoms with Gasteiger partial charge < -0.3 is 16.2 Å². The van der Waals surface area contributed by atoms with Gasteiger partial charge in [-0.2, -0.15) is 5.10 Å². The number of anilines is 2. The van der Waals surface area contributed by atoms with Gasteiger partial charge in [-0.1, -0.05) is 25.1 Å². The molecule has 24 heavy (non-hydrogen) atoms. The predicted octanol–water partition coefficient (Wildman–Crippen LogP) is 2.45. The summed E-state index contributed by atoms with van der Waals surface area (Å²) in [6.45, 7) is 2.59. The molecule has 0 saturated carbocycles. The molecule has 0 aromatic heterocycles. The number of aromatic hydroxyl groups is 1. The molecule has 1 amide bonds.